The van der Waals surface area contributed by atoms with Crippen LogP contribution in [-0.4, -0.2) is 12.6 Å². The molecule has 0 aromatic rings. The molecule has 0 atom stereocenters. The first-order valence-electron chi connectivity index (χ1n) is 7.12. The molecule has 0 radical (unpaired) electrons. The van der Waals surface area contributed by atoms with Gasteiger partial charge in [-0.25, -0.2) is 4.79 Å². The van der Waals surface area contributed by atoms with E-state index in [0.717, 1.165) is 0 Å². The van der Waals surface area contributed by atoms with E-state index >= 15 is 0 Å². The lowest BCUT2D eigenvalue weighted by molar-refractivity contribution is -0.139. The summed E-state index contributed by atoms with van der Waals surface area (Å²) in [4.78, 5) is 11.0. The molecule has 0 aliphatic heterocycles. The molecule has 0 saturated heterocycles. The van der Waals surface area contributed by atoms with Crippen molar-refractivity contribution in [3.8, 4) is 0 Å². The molecule has 1 fully saturated rings. The molecule has 0 spiro atoms. The van der Waals surface area contributed by atoms with Gasteiger partial charge in [-0.2, -0.15) is 0 Å². The first-order chi connectivity index (χ1) is 8.33. The van der Waals surface area contributed by atoms with E-state index in [1.165, 1.54) is 70.3 Å². The van der Waals surface area contributed by atoms with Crippen LogP contribution in [0.1, 0.15) is 64.2 Å². The summed E-state index contributed by atoms with van der Waals surface area (Å²) < 4.78 is 5.17. The van der Waals surface area contributed by atoms with Crippen LogP contribution in [0.15, 0.2) is 12.7 Å². The van der Waals surface area contributed by atoms with Gasteiger partial charge in [0, 0.05) is 6.08 Å². The van der Waals surface area contributed by atoms with Gasteiger partial charge in [-0.15, -0.1) is 0 Å². The van der Waals surface area contributed by atoms with Crippen molar-refractivity contribution in [3.63, 3.8) is 0 Å². The predicted molar refractivity (Wildman–Crippen MR) is 70.8 cm³/mol. The first-order valence-corrected chi connectivity index (χ1v) is 7.12. The van der Waals surface area contributed by atoms with Gasteiger partial charge in [-0.05, 0) is 18.8 Å². The molecule has 17 heavy (non-hydrogen) atoms. The minimum Gasteiger partial charge on any atom is -0.462 e. The molecule has 0 heterocycles. The molecular formula is C15H26O2. The first kappa shape index (κ1) is 14.3. The van der Waals surface area contributed by atoms with Crippen molar-refractivity contribution in [1.29, 1.82) is 0 Å². The fourth-order valence-electron chi connectivity index (χ4n) is 2.50. The average Bonchev–Trinajstić information content (AvgIpc) is 2.41. The Morgan fingerprint density at radius 2 is 1.47 bits per heavy atom. The number of hydrogen-bond donors (Lipinski definition) is 0. The summed E-state index contributed by atoms with van der Waals surface area (Å²) in [5, 5.41) is 0. The molecule has 1 saturated carbocycles. The second-order valence-corrected chi connectivity index (χ2v) is 5.11. The third-order valence-corrected chi connectivity index (χ3v) is 3.60. The van der Waals surface area contributed by atoms with E-state index in [-0.39, 0.29) is 5.97 Å². The van der Waals surface area contributed by atoms with Crippen molar-refractivity contribution < 1.29 is 9.53 Å². The van der Waals surface area contributed by atoms with Crippen LogP contribution in [0.3, 0.4) is 0 Å². The summed E-state index contributed by atoms with van der Waals surface area (Å²) in [7, 11) is 0. The Kier molecular flexibility index (Phi) is 7.78. The molecule has 1 aliphatic carbocycles. The summed E-state index contributed by atoms with van der Waals surface area (Å²) in [6, 6.07) is 0. The zero-order valence-electron chi connectivity index (χ0n) is 11.0. The minimum atomic E-state index is -0.278. The summed E-state index contributed by atoms with van der Waals surface area (Å²) >= 11 is 0. The van der Waals surface area contributed by atoms with Crippen LogP contribution < -0.4 is 0 Å². The van der Waals surface area contributed by atoms with Crippen molar-refractivity contribution in [1.82, 2.24) is 0 Å². The van der Waals surface area contributed by atoms with Crippen LogP contribution in [-0.2, 0) is 9.53 Å². The van der Waals surface area contributed by atoms with Gasteiger partial charge in [0.05, 0.1) is 6.61 Å². The normalized spacial score (nSPS) is 20.2. The molecule has 0 amide bonds. The van der Waals surface area contributed by atoms with Gasteiger partial charge in [0.2, 0.25) is 0 Å². The second kappa shape index (κ2) is 9.26. The molecule has 0 unspecified atom stereocenters. The third kappa shape index (κ3) is 7.19. The third-order valence-electron chi connectivity index (χ3n) is 3.60. The zero-order chi connectivity index (χ0) is 12.3. The molecule has 0 aromatic carbocycles. The number of hydrogen-bond acceptors (Lipinski definition) is 2. The molecule has 1 rings (SSSR count). The Balaban J connectivity index is 2.27. The van der Waals surface area contributed by atoms with Crippen molar-refractivity contribution in [3.05, 3.63) is 12.7 Å². The van der Waals surface area contributed by atoms with Crippen LogP contribution >= 0.6 is 0 Å². The highest BCUT2D eigenvalue weighted by Crippen LogP contribution is 2.21. The van der Waals surface area contributed by atoms with E-state index in [1.54, 1.807) is 0 Å². The smallest absolute Gasteiger partial charge is 0.330 e. The van der Waals surface area contributed by atoms with E-state index in [4.69, 9.17) is 4.74 Å². The Labute approximate surface area is 105 Å². The maximum atomic E-state index is 11.0. The predicted octanol–water partition coefficient (Wildman–Crippen LogP) is 4.25. The summed E-state index contributed by atoms with van der Waals surface area (Å²) in [5.74, 6) is 0.288. The van der Waals surface area contributed by atoms with Crippen LogP contribution in [0, 0.1) is 5.92 Å². The fraction of sp³-hybridized carbons (Fsp3) is 0.800. The molecule has 1 aliphatic rings. The summed E-state index contributed by atoms with van der Waals surface area (Å²) in [6.45, 7) is 4.01. The van der Waals surface area contributed by atoms with Gasteiger partial charge in [0.1, 0.15) is 0 Å². The van der Waals surface area contributed by atoms with Gasteiger partial charge in [0.15, 0.2) is 0 Å². The monoisotopic (exact) mass is 238 g/mol. The standard InChI is InChI=1S/C15H26O2/c1-2-15(16)17-13-14-11-9-7-5-3-4-6-8-10-12-14/h2,14H,1,3-13H2. The zero-order valence-corrected chi connectivity index (χ0v) is 11.0. The lowest BCUT2D eigenvalue weighted by Crippen LogP contribution is -2.13. The number of carbonyl (C=O) groups is 1. The molecule has 0 bridgehead atoms. The largest absolute Gasteiger partial charge is 0.462 e. The van der Waals surface area contributed by atoms with E-state index < -0.39 is 0 Å². The maximum Gasteiger partial charge on any atom is 0.330 e. The van der Waals surface area contributed by atoms with Crippen LogP contribution in [0.4, 0.5) is 0 Å². The molecule has 0 N–H and O–H groups in total. The lowest BCUT2D eigenvalue weighted by Gasteiger charge is -2.15. The van der Waals surface area contributed by atoms with Gasteiger partial charge in [-0.1, -0.05) is 57.9 Å². The van der Waals surface area contributed by atoms with Gasteiger partial charge in [-0.3, -0.25) is 0 Å². The number of ether oxygens (including phenoxy) is 1. The lowest BCUT2D eigenvalue weighted by atomic mass is 9.96. The number of carbonyl (C=O) groups excluding carboxylic acids is 1. The topological polar surface area (TPSA) is 26.3 Å². The Hall–Kier alpha value is -0.790. The highest BCUT2D eigenvalue weighted by Gasteiger charge is 2.11. The van der Waals surface area contributed by atoms with Crippen LogP contribution in [0.25, 0.3) is 0 Å². The Bertz CT molecular complexity index is 211. The highest BCUT2D eigenvalue weighted by molar-refractivity contribution is 5.81. The Morgan fingerprint density at radius 3 is 1.94 bits per heavy atom. The number of rotatable bonds is 3. The van der Waals surface area contributed by atoms with E-state index in [9.17, 15) is 4.79 Å². The average molecular weight is 238 g/mol. The van der Waals surface area contributed by atoms with Crippen molar-refractivity contribution in [2.24, 2.45) is 5.92 Å². The summed E-state index contributed by atoms with van der Waals surface area (Å²) in [5.41, 5.74) is 0. The van der Waals surface area contributed by atoms with Gasteiger partial charge in [0.25, 0.3) is 0 Å². The summed E-state index contributed by atoms with van der Waals surface area (Å²) in [6.07, 6.45) is 14.5. The fourth-order valence-corrected chi connectivity index (χ4v) is 2.50. The molecule has 2 heteroatoms. The number of esters is 1. The van der Waals surface area contributed by atoms with Crippen LogP contribution in [0.5, 0.6) is 0 Å². The van der Waals surface area contributed by atoms with Crippen molar-refractivity contribution in [2.75, 3.05) is 6.61 Å². The van der Waals surface area contributed by atoms with E-state index in [2.05, 4.69) is 6.58 Å². The second-order valence-electron chi connectivity index (χ2n) is 5.11. The van der Waals surface area contributed by atoms with E-state index in [0.29, 0.717) is 12.5 Å². The van der Waals surface area contributed by atoms with E-state index in [1.807, 2.05) is 0 Å². The maximum absolute atomic E-state index is 11.0. The Morgan fingerprint density at radius 1 is 1.00 bits per heavy atom. The van der Waals surface area contributed by atoms with Crippen LogP contribution in [0.2, 0.25) is 0 Å². The molecule has 2 nitrogen and oxygen atoms in total. The minimum absolute atomic E-state index is 0.278. The molecule has 98 valence electrons. The van der Waals surface area contributed by atoms with Gasteiger partial charge >= 0.3 is 5.97 Å². The molecule has 0 aromatic heterocycles. The van der Waals surface area contributed by atoms with Crippen molar-refractivity contribution in [2.45, 2.75) is 64.2 Å². The van der Waals surface area contributed by atoms with Gasteiger partial charge < -0.3 is 4.74 Å². The quantitative estimate of drug-likeness (QED) is 0.543. The molecular weight excluding hydrogens is 212 g/mol. The highest BCUT2D eigenvalue weighted by atomic mass is 16.5. The SMILES string of the molecule is C=CC(=O)OCC1CCCCCCCCCC1. The van der Waals surface area contributed by atoms with Crippen molar-refractivity contribution >= 4 is 5.97 Å².